The van der Waals surface area contributed by atoms with Gasteiger partial charge in [0, 0.05) is 18.3 Å². The van der Waals surface area contributed by atoms with Gasteiger partial charge in [0.05, 0.1) is 0 Å². The van der Waals surface area contributed by atoms with Gasteiger partial charge in [0.15, 0.2) is 0 Å². The first-order valence-corrected chi connectivity index (χ1v) is 7.29. The van der Waals surface area contributed by atoms with Crippen LogP contribution in [0.3, 0.4) is 0 Å². The molecule has 1 aliphatic rings. The van der Waals surface area contributed by atoms with Crippen molar-refractivity contribution >= 4 is 29.4 Å². The van der Waals surface area contributed by atoms with Crippen LogP contribution in [0.5, 0.6) is 0 Å². The normalized spacial score (nSPS) is 19.2. The van der Waals surface area contributed by atoms with Gasteiger partial charge in [-0.15, -0.1) is 0 Å². The maximum absolute atomic E-state index is 11.6. The number of rotatable bonds is 4. The van der Waals surface area contributed by atoms with Crippen LogP contribution < -0.4 is 11.1 Å². The van der Waals surface area contributed by atoms with Crippen molar-refractivity contribution in [3.05, 3.63) is 35.9 Å². The van der Waals surface area contributed by atoms with Crippen LogP contribution in [0, 0.1) is 5.92 Å². The smallest absolute Gasteiger partial charge is 0.244 e. The minimum atomic E-state index is -0.0330. The zero-order chi connectivity index (χ0) is 12.8. The van der Waals surface area contributed by atoms with E-state index in [4.69, 9.17) is 5.73 Å². The molecule has 1 unspecified atom stereocenters. The van der Waals surface area contributed by atoms with Crippen molar-refractivity contribution in [1.82, 2.24) is 5.32 Å². The predicted octanol–water partition coefficient (Wildman–Crippen LogP) is 2.15. The second-order valence-corrected chi connectivity index (χ2v) is 5.63. The number of hydrogen-bond donors (Lipinski definition) is 2. The van der Waals surface area contributed by atoms with Gasteiger partial charge in [0.1, 0.15) is 0 Å². The fraction of sp³-hybridized carbons (Fsp3) is 0.357. The van der Waals surface area contributed by atoms with Crippen molar-refractivity contribution in [1.29, 1.82) is 0 Å². The standard InChI is InChI=1S/C14H18N2OS/c15-13-3-1-2-11(8-13)4-5-14(17)16-9-12-6-7-18-10-12/h1-5,8,12H,6-7,9-10,15H2,(H,16,17)/b5-4+. The Kier molecular flexibility index (Phi) is 4.70. The molecule has 0 bridgehead atoms. The predicted molar refractivity (Wildman–Crippen MR) is 78.3 cm³/mol. The molecule has 3 nitrogen and oxygen atoms in total. The molecule has 18 heavy (non-hydrogen) atoms. The third kappa shape index (κ3) is 4.11. The van der Waals surface area contributed by atoms with E-state index in [2.05, 4.69) is 5.32 Å². The number of amides is 1. The van der Waals surface area contributed by atoms with Crippen LogP contribution in [0.4, 0.5) is 5.69 Å². The number of carbonyl (C=O) groups excluding carboxylic acids is 1. The number of hydrogen-bond acceptors (Lipinski definition) is 3. The first kappa shape index (κ1) is 13.0. The summed E-state index contributed by atoms with van der Waals surface area (Å²) in [6, 6.07) is 7.48. The van der Waals surface area contributed by atoms with Crippen LogP contribution in [-0.2, 0) is 4.79 Å². The number of carbonyl (C=O) groups is 1. The Morgan fingerprint density at radius 1 is 1.56 bits per heavy atom. The van der Waals surface area contributed by atoms with Crippen molar-refractivity contribution in [3.63, 3.8) is 0 Å². The van der Waals surface area contributed by atoms with Crippen LogP contribution in [-0.4, -0.2) is 24.0 Å². The lowest BCUT2D eigenvalue weighted by atomic mass is 10.1. The van der Waals surface area contributed by atoms with E-state index in [0.717, 1.165) is 12.1 Å². The van der Waals surface area contributed by atoms with Gasteiger partial charge in [-0.2, -0.15) is 11.8 Å². The molecule has 1 fully saturated rings. The number of nitrogens with one attached hydrogen (secondary N) is 1. The molecule has 1 heterocycles. The van der Waals surface area contributed by atoms with E-state index in [1.807, 2.05) is 36.0 Å². The van der Waals surface area contributed by atoms with Crippen molar-refractivity contribution in [2.24, 2.45) is 5.92 Å². The van der Waals surface area contributed by atoms with Gasteiger partial charge in [-0.05, 0) is 47.6 Å². The molecule has 1 atom stereocenters. The Hall–Kier alpha value is -1.42. The zero-order valence-electron chi connectivity index (χ0n) is 10.3. The molecule has 0 saturated carbocycles. The summed E-state index contributed by atoms with van der Waals surface area (Å²) in [5, 5.41) is 2.94. The average Bonchev–Trinajstić information content (AvgIpc) is 2.87. The minimum Gasteiger partial charge on any atom is -0.399 e. The topological polar surface area (TPSA) is 55.1 Å². The largest absolute Gasteiger partial charge is 0.399 e. The minimum absolute atomic E-state index is 0.0330. The third-order valence-corrected chi connectivity index (χ3v) is 4.16. The van der Waals surface area contributed by atoms with E-state index in [1.165, 1.54) is 17.9 Å². The van der Waals surface area contributed by atoms with E-state index in [-0.39, 0.29) is 5.91 Å². The number of nitrogen functional groups attached to an aromatic ring is 1. The van der Waals surface area contributed by atoms with Gasteiger partial charge in [0.25, 0.3) is 0 Å². The average molecular weight is 262 g/mol. The molecular formula is C14H18N2OS. The van der Waals surface area contributed by atoms with Crippen molar-refractivity contribution in [3.8, 4) is 0 Å². The molecular weight excluding hydrogens is 244 g/mol. The summed E-state index contributed by atoms with van der Waals surface area (Å²) in [6.07, 6.45) is 4.57. The van der Waals surface area contributed by atoms with Gasteiger partial charge in [-0.1, -0.05) is 12.1 Å². The molecule has 0 radical (unpaired) electrons. The molecule has 0 aliphatic carbocycles. The summed E-state index contributed by atoms with van der Waals surface area (Å²) in [5.41, 5.74) is 7.32. The van der Waals surface area contributed by atoms with E-state index >= 15 is 0 Å². The number of anilines is 1. The Labute approximate surface area is 112 Å². The second-order valence-electron chi connectivity index (χ2n) is 4.48. The summed E-state index contributed by atoms with van der Waals surface area (Å²) in [4.78, 5) is 11.6. The molecule has 2 rings (SSSR count). The van der Waals surface area contributed by atoms with Crippen LogP contribution in [0.15, 0.2) is 30.3 Å². The fourth-order valence-corrected chi connectivity index (χ4v) is 3.17. The molecule has 3 N–H and O–H groups in total. The Morgan fingerprint density at radius 3 is 3.17 bits per heavy atom. The molecule has 1 aliphatic heterocycles. The Morgan fingerprint density at radius 2 is 2.44 bits per heavy atom. The molecule has 1 amide bonds. The first-order chi connectivity index (χ1) is 8.74. The molecule has 96 valence electrons. The lowest BCUT2D eigenvalue weighted by molar-refractivity contribution is -0.116. The van der Waals surface area contributed by atoms with Gasteiger partial charge in [-0.3, -0.25) is 4.79 Å². The number of nitrogens with two attached hydrogens (primary N) is 1. The fourth-order valence-electron chi connectivity index (χ4n) is 1.88. The molecule has 0 aromatic heterocycles. The van der Waals surface area contributed by atoms with Gasteiger partial charge >= 0.3 is 0 Å². The van der Waals surface area contributed by atoms with Crippen LogP contribution in [0.2, 0.25) is 0 Å². The highest BCUT2D eigenvalue weighted by molar-refractivity contribution is 7.99. The summed E-state index contributed by atoms with van der Waals surface area (Å²) >= 11 is 1.96. The summed E-state index contributed by atoms with van der Waals surface area (Å²) in [5.74, 6) is 2.99. The van der Waals surface area contributed by atoms with Gasteiger partial charge in [-0.25, -0.2) is 0 Å². The van der Waals surface area contributed by atoms with Crippen LogP contribution in [0.25, 0.3) is 6.08 Å². The van der Waals surface area contributed by atoms with Crippen molar-refractivity contribution in [2.75, 3.05) is 23.8 Å². The monoisotopic (exact) mass is 262 g/mol. The van der Waals surface area contributed by atoms with E-state index in [9.17, 15) is 4.79 Å². The maximum atomic E-state index is 11.6. The van der Waals surface area contributed by atoms with E-state index < -0.39 is 0 Å². The van der Waals surface area contributed by atoms with Crippen LogP contribution >= 0.6 is 11.8 Å². The highest BCUT2D eigenvalue weighted by atomic mass is 32.2. The van der Waals surface area contributed by atoms with Crippen molar-refractivity contribution < 1.29 is 4.79 Å². The van der Waals surface area contributed by atoms with Crippen molar-refractivity contribution in [2.45, 2.75) is 6.42 Å². The van der Waals surface area contributed by atoms with Gasteiger partial charge in [0.2, 0.25) is 5.91 Å². The van der Waals surface area contributed by atoms with E-state index in [0.29, 0.717) is 11.6 Å². The number of benzene rings is 1. The van der Waals surface area contributed by atoms with E-state index in [1.54, 1.807) is 12.2 Å². The third-order valence-electron chi connectivity index (χ3n) is 2.93. The maximum Gasteiger partial charge on any atom is 0.244 e. The lowest BCUT2D eigenvalue weighted by Gasteiger charge is -2.07. The Balaban J connectivity index is 1.79. The highest BCUT2D eigenvalue weighted by Crippen LogP contribution is 2.22. The summed E-state index contributed by atoms with van der Waals surface area (Å²) in [7, 11) is 0. The molecule has 1 aromatic rings. The second kappa shape index (κ2) is 6.50. The SMILES string of the molecule is Nc1cccc(/C=C/C(=O)NCC2CCSC2)c1. The van der Waals surface area contributed by atoms with Gasteiger partial charge < -0.3 is 11.1 Å². The molecule has 0 spiro atoms. The molecule has 1 saturated heterocycles. The molecule has 1 aromatic carbocycles. The molecule has 4 heteroatoms. The number of thioether (sulfide) groups is 1. The highest BCUT2D eigenvalue weighted by Gasteiger charge is 2.15. The lowest BCUT2D eigenvalue weighted by Crippen LogP contribution is -2.27. The quantitative estimate of drug-likeness (QED) is 0.646. The zero-order valence-corrected chi connectivity index (χ0v) is 11.1. The summed E-state index contributed by atoms with van der Waals surface area (Å²) in [6.45, 7) is 0.785. The first-order valence-electron chi connectivity index (χ1n) is 6.13. The Bertz CT molecular complexity index is 439. The van der Waals surface area contributed by atoms with Crippen LogP contribution in [0.1, 0.15) is 12.0 Å². The summed E-state index contributed by atoms with van der Waals surface area (Å²) < 4.78 is 0.